The minimum atomic E-state index is -0.0179. The topological polar surface area (TPSA) is 71.2 Å². The van der Waals surface area contributed by atoms with Gasteiger partial charge in [0.15, 0.2) is 0 Å². The lowest BCUT2D eigenvalue weighted by Crippen LogP contribution is -2.44. The van der Waals surface area contributed by atoms with E-state index in [1.165, 1.54) is 5.56 Å². The summed E-state index contributed by atoms with van der Waals surface area (Å²) in [6.45, 7) is 2.90. The zero-order chi connectivity index (χ0) is 16.1. The van der Waals surface area contributed by atoms with Gasteiger partial charge < -0.3 is 11.1 Å². The molecule has 3 rings (SSSR count). The van der Waals surface area contributed by atoms with Crippen LogP contribution in [0.3, 0.4) is 0 Å². The normalized spacial score (nSPS) is 16.2. The van der Waals surface area contributed by atoms with Crippen molar-refractivity contribution in [1.82, 2.24) is 15.2 Å². The van der Waals surface area contributed by atoms with E-state index < -0.39 is 0 Å². The van der Waals surface area contributed by atoms with Crippen molar-refractivity contribution in [2.45, 2.75) is 25.4 Å². The van der Waals surface area contributed by atoms with Crippen molar-refractivity contribution >= 4 is 11.6 Å². The third-order valence-corrected chi connectivity index (χ3v) is 4.22. The van der Waals surface area contributed by atoms with Crippen molar-refractivity contribution < 1.29 is 4.79 Å². The molecule has 1 amide bonds. The predicted octanol–water partition coefficient (Wildman–Crippen LogP) is 2.06. The van der Waals surface area contributed by atoms with Gasteiger partial charge in [-0.05, 0) is 48.7 Å². The van der Waals surface area contributed by atoms with Crippen molar-refractivity contribution in [1.29, 1.82) is 0 Å². The molecule has 1 fully saturated rings. The second kappa shape index (κ2) is 7.24. The van der Waals surface area contributed by atoms with Crippen LogP contribution in [0.1, 0.15) is 28.8 Å². The van der Waals surface area contributed by atoms with Gasteiger partial charge in [-0.25, -0.2) is 0 Å². The first-order valence-electron chi connectivity index (χ1n) is 7.98. The average Bonchev–Trinajstić information content (AvgIpc) is 2.58. The molecule has 5 nitrogen and oxygen atoms in total. The minimum Gasteiger partial charge on any atom is -0.399 e. The third kappa shape index (κ3) is 4.29. The second-order valence-electron chi connectivity index (χ2n) is 6.01. The number of nitrogen functional groups attached to an aromatic ring is 1. The number of aromatic nitrogens is 1. The molecule has 1 aromatic heterocycles. The van der Waals surface area contributed by atoms with Crippen LogP contribution >= 0.6 is 0 Å². The van der Waals surface area contributed by atoms with Gasteiger partial charge in [0.05, 0.1) is 0 Å². The van der Waals surface area contributed by atoms with E-state index >= 15 is 0 Å². The van der Waals surface area contributed by atoms with E-state index in [9.17, 15) is 4.79 Å². The second-order valence-corrected chi connectivity index (χ2v) is 6.01. The summed E-state index contributed by atoms with van der Waals surface area (Å²) in [6.07, 6.45) is 5.65. The highest BCUT2D eigenvalue weighted by molar-refractivity contribution is 5.94. The highest BCUT2D eigenvalue weighted by Gasteiger charge is 2.21. The van der Waals surface area contributed by atoms with Crippen molar-refractivity contribution in [3.8, 4) is 0 Å². The minimum absolute atomic E-state index is 0.0179. The van der Waals surface area contributed by atoms with Crippen molar-refractivity contribution in [3.63, 3.8) is 0 Å². The van der Waals surface area contributed by atoms with Gasteiger partial charge in [-0.2, -0.15) is 0 Å². The van der Waals surface area contributed by atoms with E-state index in [1.807, 2.05) is 12.3 Å². The number of nitrogens with one attached hydrogen (secondary N) is 1. The molecule has 5 heteroatoms. The van der Waals surface area contributed by atoms with Crippen LogP contribution in [0.2, 0.25) is 0 Å². The van der Waals surface area contributed by atoms with Gasteiger partial charge in [0.25, 0.3) is 5.91 Å². The number of amides is 1. The summed E-state index contributed by atoms with van der Waals surface area (Å²) >= 11 is 0. The Labute approximate surface area is 136 Å². The monoisotopic (exact) mass is 310 g/mol. The fourth-order valence-corrected chi connectivity index (χ4v) is 2.89. The van der Waals surface area contributed by atoms with E-state index in [-0.39, 0.29) is 11.9 Å². The molecule has 0 saturated carbocycles. The molecule has 3 N–H and O–H groups in total. The lowest BCUT2D eigenvalue weighted by Gasteiger charge is -2.32. The fraction of sp³-hybridized carbons (Fsp3) is 0.333. The predicted molar refractivity (Wildman–Crippen MR) is 90.9 cm³/mol. The standard InChI is InChI=1S/C18H22N4O/c19-16-5-3-15(4-6-16)18(23)21-17-7-10-22(11-8-17)13-14-2-1-9-20-12-14/h1-6,9,12,17H,7-8,10-11,13,19H2,(H,21,23). The maximum absolute atomic E-state index is 12.2. The molecule has 120 valence electrons. The smallest absolute Gasteiger partial charge is 0.251 e. The van der Waals surface area contributed by atoms with Crippen LogP contribution in [0, 0.1) is 0 Å². The van der Waals surface area contributed by atoms with Gasteiger partial charge in [0, 0.05) is 49.3 Å². The summed E-state index contributed by atoms with van der Waals surface area (Å²) in [4.78, 5) is 18.8. The first kappa shape index (κ1) is 15.5. The highest BCUT2D eigenvalue weighted by Crippen LogP contribution is 2.14. The molecule has 1 aliphatic heterocycles. The van der Waals surface area contributed by atoms with E-state index in [0.717, 1.165) is 32.5 Å². The number of pyridine rings is 1. The van der Waals surface area contributed by atoms with E-state index in [0.29, 0.717) is 11.3 Å². The molecule has 0 spiro atoms. The zero-order valence-electron chi connectivity index (χ0n) is 13.1. The van der Waals surface area contributed by atoms with Crippen molar-refractivity contribution in [2.75, 3.05) is 18.8 Å². The van der Waals surface area contributed by atoms with Gasteiger partial charge in [-0.3, -0.25) is 14.7 Å². The number of carbonyl (C=O) groups excluding carboxylic acids is 1. The molecule has 2 aromatic rings. The number of piperidine rings is 1. The number of hydrogen-bond donors (Lipinski definition) is 2. The number of rotatable bonds is 4. The van der Waals surface area contributed by atoms with Gasteiger partial charge in [0.1, 0.15) is 0 Å². The van der Waals surface area contributed by atoms with E-state index in [4.69, 9.17) is 5.73 Å². The Morgan fingerprint density at radius 3 is 2.61 bits per heavy atom. The Kier molecular flexibility index (Phi) is 4.88. The largest absolute Gasteiger partial charge is 0.399 e. The number of likely N-dealkylation sites (tertiary alicyclic amines) is 1. The number of benzene rings is 1. The molecular weight excluding hydrogens is 288 g/mol. The zero-order valence-corrected chi connectivity index (χ0v) is 13.1. The first-order valence-corrected chi connectivity index (χ1v) is 7.98. The van der Waals surface area contributed by atoms with Gasteiger partial charge >= 0.3 is 0 Å². The van der Waals surface area contributed by atoms with Crippen LogP contribution < -0.4 is 11.1 Å². The van der Waals surface area contributed by atoms with Crippen molar-refractivity contribution in [2.24, 2.45) is 0 Å². The van der Waals surface area contributed by atoms with Gasteiger partial charge in [-0.15, -0.1) is 0 Å². The molecule has 1 aromatic carbocycles. The Hall–Kier alpha value is -2.40. The molecule has 2 heterocycles. The summed E-state index contributed by atoms with van der Waals surface area (Å²) in [6, 6.07) is 11.4. The summed E-state index contributed by atoms with van der Waals surface area (Å²) < 4.78 is 0. The summed E-state index contributed by atoms with van der Waals surface area (Å²) in [5, 5.41) is 3.12. The fourth-order valence-electron chi connectivity index (χ4n) is 2.89. The van der Waals surface area contributed by atoms with Gasteiger partial charge in [-0.1, -0.05) is 6.07 Å². The van der Waals surface area contributed by atoms with Gasteiger partial charge in [0.2, 0.25) is 0 Å². The molecule has 0 bridgehead atoms. The van der Waals surface area contributed by atoms with Crippen LogP contribution in [0.25, 0.3) is 0 Å². The molecule has 23 heavy (non-hydrogen) atoms. The number of carbonyl (C=O) groups is 1. The highest BCUT2D eigenvalue weighted by atomic mass is 16.1. The lowest BCUT2D eigenvalue weighted by atomic mass is 10.0. The maximum Gasteiger partial charge on any atom is 0.251 e. The summed E-state index contributed by atoms with van der Waals surface area (Å²) in [7, 11) is 0. The Bertz CT molecular complexity index is 634. The first-order chi connectivity index (χ1) is 11.2. The number of nitrogens with zero attached hydrogens (tertiary/aromatic N) is 2. The molecule has 0 unspecified atom stereocenters. The number of anilines is 1. The molecule has 1 saturated heterocycles. The summed E-state index contributed by atoms with van der Waals surface area (Å²) in [5.41, 5.74) is 8.22. The van der Waals surface area contributed by atoms with E-state index in [2.05, 4.69) is 21.3 Å². The van der Waals surface area contributed by atoms with E-state index in [1.54, 1.807) is 30.5 Å². The molecular formula is C18H22N4O. The lowest BCUT2D eigenvalue weighted by molar-refractivity contribution is 0.0909. The van der Waals surface area contributed by atoms with Crippen LogP contribution in [-0.2, 0) is 6.54 Å². The quantitative estimate of drug-likeness (QED) is 0.848. The van der Waals surface area contributed by atoms with Crippen LogP contribution in [0.5, 0.6) is 0 Å². The van der Waals surface area contributed by atoms with Crippen LogP contribution in [0.15, 0.2) is 48.8 Å². The molecule has 0 radical (unpaired) electrons. The number of hydrogen-bond acceptors (Lipinski definition) is 4. The Morgan fingerprint density at radius 1 is 1.22 bits per heavy atom. The average molecular weight is 310 g/mol. The Morgan fingerprint density at radius 2 is 1.96 bits per heavy atom. The Balaban J connectivity index is 1.47. The SMILES string of the molecule is Nc1ccc(C(=O)NC2CCN(Cc3cccnc3)CC2)cc1. The number of nitrogens with two attached hydrogens (primary N) is 1. The van der Waals surface area contributed by atoms with Crippen LogP contribution in [0.4, 0.5) is 5.69 Å². The third-order valence-electron chi connectivity index (χ3n) is 4.22. The summed E-state index contributed by atoms with van der Waals surface area (Å²) in [5.74, 6) is -0.0179. The van der Waals surface area contributed by atoms with Crippen LogP contribution in [-0.4, -0.2) is 34.9 Å². The van der Waals surface area contributed by atoms with Crippen molar-refractivity contribution in [3.05, 3.63) is 59.9 Å². The maximum atomic E-state index is 12.2. The molecule has 1 aliphatic rings. The molecule has 0 aliphatic carbocycles. The molecule has 0 atom stereocenters.